The molecule has 1 fully saturated rings. The molecule has 0 spiro atoms. The summed E-state index contributed by atoms with van der Waals surface area (Å²) in [5.74, 6) is 0.295. The van der Waals surface area contributed by atoms with Gasteiger partial charge in [-0.1, -0.05) is 36.4 Å². The lowest BCUT2D eigenvalue weighted by Crippen LogP contribution is -2.47. The van der Waals surface area contributed by atoms with Gasteiger partial charge in [-0.3, -0.25) is 0 Å². The van der Waals surface area contributed by atoms with Gasteiger partial charge in [0.15, 0.2) is 0 Å². The monoisotopic (exact) mass is 355 g/mol. The number of aliphatic hydroxyl groups is 2. The molecule has 0 saturated heterocycles. The Morgan fingerprint density at radius 2 is 1.46 bits per heavy atom. The van der Waals surface area contributed by atoms with E-state index in [0.717, 1.165) is 23.1 Å². The van der Waals surface area contributed by atoms with Crippen LogP contribution < -0.4 is 5.32 Å². The van der Waals surface area contributed by atoms with E-state index in [0.29, 0.717) is 6.42 Å². The molecule has 1 unspecified atom stereocenters. The van der Waals surface area contributed by atoms with E-state index in [-0.39, 0.29) is 23.2 Å². The lowest BCUT2D eigenvalue weighted by Gasteiger charge is -2.28. The van der Waals surface area contributed by atoms with Crippen molar-refractivity contribution in [3.05, 3.63) is 54.1 Å². The molecule has 0 aromatic heterocycles. The highest BCUT2D eigenvalue weighted by Gasteiger charge is 2.38. The van der Waals surface area contributed by atoms with Crippen LogP contribution in [0.15, 0.2) is 48.5 Å². The average Bonchev–Trinajstić information content (AvgIpc) is 2.94. The number of aliphatic hydroxyl groups excluding tert-OH is 2. The Hall–Kier alpha value is -1.88. The van der Waals surface area contributed by atoms with Crippen LogP contribution in [0.1, 0.15) is 45.3 Å². The molecule has 4 N–H and O–H groups in total. The Balaban J connectivity index is 1.68. The van der Waals surface area contributed by atoms with Crippen LogP contribution in [0, 0.1) is 5.92 Å². The van der Waals surface area contributed by atoms with E-state index in [1.54, 1.807) is 12.1 Å². The van der Waals surface area contributed by atoms with Gasteiger partial charge in [-0.15, -0.1) is 0 Å². The van der Waals surface area contributed by atoms with E-state index in [4.69, 9.17) is 0 Å². The summed E-state index contributed by atoms with van der Waals surface area (Å²) in [6.07, 6.45) is 0.365. The quantitative estimate of drug-likeness (QED) is 0.676. The molecule has 1 aliphatic rings. The zero-order valence-corrected chi connectivity index (χ0v) is 15.7. The molecule has 4 nitrogen and oxygen atoms in total. The van der Waals surface area contributed by atoms with Crippen LogP contribution in [0.5, 0.6) is 5.75 Å². The van der Waals surface area contributed by atoms with Crippen molar-refractivity contribution < 1.29 is 15.3 Å². The normalized spacial score (nSPS) is 24.6. The second-order valence-electron chi connectivity index (χ2n) is 8.41. The Morgan fingerprint density at radius 1 is 0.923 bits per heavy atom. The largest absolute Gasteiger partial charge is 0.508 e. The highest BCUT2D eigenvalue weighted by Crippen LogP contribution is 2.37. The second kappa shape index (κ2) is 7.39. The lowest BCUT2D eigenvalue weighted by atomic mass is 9.92. The van der Waals surface area contributed by atoms with Gasteiger partial charge in [-0.05, 0) is 68.4 Å². The SMILES string of the molecule is CC(C)(C)N[C@H]1C[C@@H](C(O)c2ccc(-c3ccc(O)cc3)cc2)C[C@@H]1O. The number of benzene rings is 2. The van der Waals surface area contributed by atoms with Gasteiger partial charge < -0.3 is 20.6 Å². The minimum Gasteiger partial charge on any atom is -0.508 e. The van der Waals surface area contributed by atoms with Crippen LogP contribution in [0.25, 0.3) is 11.1 Å². The van der Waals surface area contributed by atoms with Crippen LogP contribution >= 0.6 is 0 Å². The number of hydrogen-bond donors (Lipinski definition) is 4. The third-order valence-corrected chi connectivity index (χ3v) is 5.08. The van der Waals surface area contributed by atoms with Crippen LogP contribution in [0.4, 0.5) is 0 Å². The van der Waals surface area contributed by atoms with Gasteiger partial charge in [-0.2, -0.15) is 0 Å². The van der Waals surface area contributed by atoms with Gasteiger partial charge in [0, 0.05) is 11.6 Å². The number of phenols is 1. The first kappa shape index (κ1) is 18.9. The van der Waals surface area contributed by atoms with Gasteiger partial charge in [0.25, 0.3) is 0 Å². The number of nitrogens with one attached hydrogen (secondary N) is 1. The lowest BCUT2D eigenvalue weighted by molar-refractivity contribution is 0.0958. The van der Waals surface area contributed by atoms with E-state index in [1.807, 2.05) is 36.4 Å². The number of aromatic hydroxyl groups is 1. The van der Waals surface area contributed by atoms with Gasteiger partial charge in [0.2, 0.25) is 0 Å². The minimum absolute atomic E-state index is 0.0194. The van der Waals surface area contributed by atoms with Crippen molar-refractivity contribution >= 4 is 0 Å². The summed E-state index contributed by atoms with van der Waals surface area (Å²) in [7, 11) is 0. The van der Waals surface area contributed by atoms with Crippen LogP contribution in [0.2, 0.25) is 0 Å². The molecule has 0 aliphatic heterocycles. The molecule has 0 heterocycles. The standard InChI is InChI=1S/C22H29NO3/c1-22(2,3)23-19-12-17(13-20(19)25)21(26)16-6-4-14(5-7-16)15-8-10-18(24)11-9-15/h4-11,17,19-21,23-26H,12-13H2,1-3H3/t17-,19+,20+,21?/m1/s1. The summed E-state index contributed by atoms with van der Waals surface area (Å²) in [6.45, 7) is 6.27. The molecule has 26 heavy (non-hydrogen) atoms. The maximum atomic E-state index is 10.8. The molecule has 1 aliphatic carbocycles. The summed E-state index contributed by atoms with van der Waals surface area (Å²) in [6, 6.07) is 15.0. The first-order valence-electron chi connectivity index (χ1n) is 9.26. The summed E-state index contributed by atoms with van der Waals surface area (Å²) in [4.78, 5) is 0. The molecule has 2 aromatic rings. The van der Waals surface area contributed by atoms with Gasteiger partial charge in [-0.25, -0.2) is 0 Å². The van der Waals surface area contributed by atoms with E-state index >= 15 is 0 Å². The second-order valence-corrected chi connectivity index (χ2v) is 8.41. The molecule has 0 bridgehead atoms. The van der Waals surface area contributed by atoms with Crippen molar-refractivity contribution in [3.63, 3.8) is 0 Å². The van der Waals surface area contributed by atoms with Gasteiger partial charge in [0.1, 0.15) is 5.75 Å². The molecule has 2 aromatic carbocycles. The molecule has 140 valence electrons. The Bertz CT molecular complexity index is 719. The summed E-state index contributed by atoms with van der Waals surface area (Å²) >= 11 is 0. The topological polar surface area (TPSA) is 72.7 Å². The summed E-state index contributed by atoms with van der Waals surface area (Å²) < 4.78 is 0. The minimum atomic E-state index is -0.578. The molecular weight excluding hydrogens is 326 g/mol. The van der Waals surface area contributed by atoms with E-state index in [2.05, 4.69) is 26.1 Å². The molecule has 0 amide bonds. The van der Waals surface area contributed by atoms with Crippen molar-refractivity contribution in [1.29, 1.82) is 0 Å². The highest BCUT2D eigenvalue weighted by atomic mass is 16.3. The van der Waals surface area contributed by atoms with Crippen molar-refractivity contribution in [1.82, 2.24) is 5.32 Å². The van der Waals surface area contributed by atoms with Gasteiger partial charge >= 0.3 is 0 Å². The fraction of sp³-hybridized carbons (Fsp3) is 0.455. The predicted molar refractivity (Wildman–Crippen MR) is 104 cm³/mol. The van der Waals surface area contributed by atoms with Crippen LogP contribution in [0.3, 0.4) is 0 Å². The molecular formula is C22H29NO3. The molecule has 3 rings (SSSR count). The first-order valence-corrected chi connectivity index (χ1v) is 9.26. The fourth-order valence-corrected chi connectivity index (χ4v) is 3.82. The van der Waals surface area contributed by atoms with Crippen LogP contribution in [-0.4, -0.2) is 33.0 Å². The average molecular weight is 355 g/mol. The maximum Gasteiger partial charge on any atom is 0.115 e. The van der Waals surface area contributed by atoms with Crippen molar-refractivity contribution in [2.75, 3.05) is 0 Å². The summed E-state index contributed by atoms with van der Waals surface area (Å²) in [5, 5.41) is 34.0. The van der Waals surface area contributed by atoms with Crippen molar-refractivity contribution in [2.24, 2.45) is 5.92 Å². The Kier molecular flexibility index (Phi) is 5.37. The summed E-state index contributed by atoms with van der Waals surface area (Å²) in [5.41, 5.74) is 2.88. The zero-order chi connectivity index (χ0) is 18.9. The molecule has 4 heteroatoms. The van der Waals surface area contributed by atoms with E-state index in [9.17, 15) is 15.3 Å². The third-order valence-electron chi connectivity index (χ3n) is 5.08. The van der Waals surface area contributed by atoms with Crippen molar-refractivity contribution in [3.8, 4) is 16.9 Å². The molecule has 0 radical (unpaired) electrons. The first-order chi connectivity index (χ1) is 12.2. The Morgan fingerprint density at radius 3 is 2.00 bits per heavy atom. The number of rotatable bonds is 4. The smallest absolute Gasteiger partial charge is 0.115 e. The number of phenolic OH excluding ortho intramolecular Hbond substituents is 1. The zero-order valence-electron chi connectivity index (χ0n) is 15.7. The maximum absolute atomic E-state index is 10.8. The molecule has 1 saturated carbocycles. The molecule has 4 atom stereocenters. The highest BCUT2D eigenvalue weighted by molar-refractivity contribution is 5.64. The fourth-order valence-electron chi connectivity index (χ4n) is 3.82. The predicted octanol–water partition coefficient (Wildman–Crippen LogP) is 3.62. The number of hydrogen-bond acceptors (Lipinski definition) is 4. The van der Waals surface area contributed by atoms with E-state index in [1.165, 1.54) is 0 Å². The van der Waals surface area contributed by atoms with Crippen molar-refractivity contribution in [2.45, 2.75) is 57.4 Å². The third kappa shape index (κ3) is 4.44. The Labute approximate surface area is 155 Å². The van der Waals surface area contributed by atoms with E-state index < -0.39 is 12.2 Å². The van der Waals surface area contributed by atoms with Gasteiger partial charge in [0.05, 0.1) is 12.2 Å². The van der Waals surface area contributed by atoms with Crippen LogP contribution in [-0.2, 0) is 0 Å².